The summed E-state index contributed by atoms with van der Waals surface area (Å²) in [6, 6.07) is 15.1. The van der Waals surface area contributed by atoms with Crippen LogP contribution < -0.4 is 10.6 Å². The molecule has 5 nitrogen and oxygen atoms in total. The molecule has 2 aromatic rings. The smallest absolute Gasteiger partial charge is 0.319 e. The van der Waals surface area contributed by atoms with E-state index in [9.17, 15) is 9.59 Å². The Morgan fingerprint density at radius 3 is 2.27 bits per heavy atom. The number of amides is 2. The summed E-state index contributed by atoms with van der Waals surface area (Å²) in [6.07, 6.45) is -0.183. The lowest BCUT2D eigenvalue weighted by Crippen LogP contribution is -2.33. The fourth-order valence-corrected chi connectivity index (χ4v) is 2.24. The van der Waals surface area contributed by atoms with Crippen LogP contribution in [0, 0.1) is 0 Å². The molecule has 0 saturated heterocycles. The molecule has 0 bridgehead atoms. The number of carboxylic acids is 1. The number of hydrogen-bond acceptors (Lipinski definition) is 2. The molecule has 0 aliphatic heterocycles. The lowest BCUT2D eigenvalue weighted by molar-refractivity contribution is -0.137. The Kier molecular flexibility index (Phi) is 5.55. The molecule has 0 heterocycles. The van der Waals surface area contributed by atoms with Gasteiger partial charge in [0.1, 0.15) is 0 Å². The summed E-state index contributed by atoms with van der Waals surface area (Å²) in [6.45, 7) is 0. The van der Waals surface area contributed by atoms with Crippen LogP contribution in [-0.2, 0) is 4.79 Å². The Hall–Kier alpha value is -2.34. The molecular weight excluding hydrogens is 348 g/mol. The van der Waals surface area contributed by atoms with Gasteiger partial charge in [-0.25, -0.2) is 4.79 Å². The van der Waals surface area contributed by atoms with Crippen LogP contribution in [0.2, 0.25) is 0 Å². The van der Waals surface area contributed by atoms with E-state index in [1.807, 2.05) is 18.2 Å². The number of anilines is 1. The summed E-state index contributed by atoms with van der Waals surface area (Å²) in [5.41, 5.74) is 1.37. The molecule has 2 rings (SSSR count). The summed E-state index contributed by atoms with van der Waals surface area (Å²) in [7, 11) is 0. The van der Waals surface area contributed by atoms with Gasteiger partial charge in [-0.2, -0.15) is 0 Å². The predicted molar refractivity (Wildman–Crippen MR) is 87.7 cm³/mol. The van der Waals surface area contributed by atoms with Crippen molar-refractivity contribution in [1.82, 2.24) is 5.32 Å². The third kappa shape index (κ3) is 4.89. The van der Waals surface area contributed by atoms with E-state index in [1.165, 1.54) is 0 Å². The normalized spacial score (nSPS) is 11.5. The summed E-state index contributed by atoms with van der Waals surface area (Å²) in [4.78, 5) is 23.0. The highest BCUT2D eigenvalue weighted by Crippen LogP contribution is 2.18. The molecule has 114 valence electrons. The minimum atomic E-state index is -0.974. The van der Waals surface area contributed by atoms with Gasteiger partial charge in [0.2, 0.25) is 0 Å². The Labute approximate surface area is 136 Å². The molecule has 0 aliphatic carbocycles. The minimum absolute atomic E-state index is 0.183. The summed E-state index contributed by atoms with van der Waals surface area (Å²) in [5.74, 6) is -0.974. The zero-order chi connectivity index (χ0) is 15.9. The molecule has 0 radical (unpaired) electrons. The highest BCUT2D eigenvalue weighted by molar-refractivity contribution is 9.10. The first kappa shape index (κ1) is 16.0. The maximum Gasteiger partial charge on any atom is 0.319 e. The molecule has 0 aliphatic rings. The van der Waals surface area contributed by atoms with E-state index in [0.29, 0.717) is 5.69 Å². The maximum atomic E-state index is 12.0. The quantitative estimate of drug-likeness (QED) is 0.756. The van der Waals surface area contributed by atoms with Crippen molar-refractivity contribution in [2.45, 2.75) is 12.5 Å². The Bertz CT molecular complexity index is 644. The summed E-state index contributed by atoms with van der Waals surface area (Å²) >= 11 is 3.32. The van der Waals surface area contributed by atoms with Crippen molar-refractivity contribution < 1.29 is 14.7 Å². The summed E-state index contributed by atoms with van der Waals surface area (Å²) < 4.78 is 0.909. The predicted octanol–water partition coefficient (Wildman–Crippen LogP) is 3.79. The standard InChI is InChI=1S/C16H15BrN2O3/c17-12-6-8-13(9-7-12)18-16(22)19-14(10-15(20)21)11-4-2-1-3-5-11/h1-9,14H,10H2,(H,20,21)(H2,18,19,22). The third-order valence-corrected chi connectivity index (χ3v) is 3.52. The molecule has 0 fully saturated rings. The topological polar surface area (TPSA) is 78.4 Å². The second-order valence-corrected chi connectivity index (χ2v) is 5.58. The van der Waals surface area contributed by atoms with Crippen LogP contribution in [0.1, 0.15) is 18.0 Å². The van der Waals surface area contributed by atoms with Gasteiger partial charge < -0.3 is 15.7 Å². The lowest BCUT2D eigenvalue weighted by Gasteiger charge is -2.18. The van der Waals surface area contributed by atoms with E-state index in [2.05, 4.69) is 26.6 Å². The van der Waals surface area contributed by atoms with Gasteiger partial charge >= 0.3 is 12.0 Å². The van der Waals surface area contributed by atoms with Crippen molar-refractivity contribution in [3.05, 3.63) is 64.6 Å². The van der Waals surface area contributed by atoms with Crippen molar-refractivity contribution in [3.63, 3.8) is 0 Å². The largest absolute Gasteiger partial charge is 0.481 e. The van der Waals surface area contributed by atoms with Crippen LogP contribution in [0.15, 0.2) is 59.1 Å². The molecule has 2 amide bonds. The van der Waals surface area contributed by atoms with Gasteiger partial charge in [-0.15, -0.1) is 0 Å². The number of halogens is 1. The minimum Gasteiger partial charge on any atom is -0.481 e. The van der Waals surface area contributed by atoms with Crippen LogP contribution >= 0.6 is 15.9 Å². The number of carbonyl (C=O) groups excluding carboxylic acids is 1. The molecule has 1 atom stereocenters. The Morgan fingerprint density at radius 2 is 1.68 bits per heavy atom. The van der Waals surface area contributed by atoms with Crippen molar-refractivity contribution >= 4 is 33.6 Å². The van der Waals surface area contributed by atoms with Gasteiger partial charge in [-0.3, -0.25) is 4.79 Å². The average molecular weight is 363 g/mol. The van der Waals surface area contributed by atoms with Gasteiger partial charge in [0.15, 0.2) is 0 Å². The van der Waals surface area contributed by atoms with Crippen molar-refractivity contribution in [1.29, 1.82) is 0 Å². The van der Waals surface area contributed by atoms with Crippen LogP contribution in [-0.4, -0.2) is 17.1 Å². The fourth-order valence-electron chi connectivity index (χ4n) is 1.97. The molecule has 0 spiro atoms. The zero-order valence-corrected chi connectivity index (χ0v) is 13.2. The molecule has 0 saturated carbocycles. The van der Waals surface area contributed by atoms with E-state index in [-0.39, 0.29) is 6.42 Å². The third-order valence-electron chi connectivity index (χ3n) is 2.99. The number of nitrogens with one attached hydrogen (secondary N) is 2. The molecule has 6 heteroatoms. The van der Waals surface area contributed by atoms with E-state index in [4.69, 9.17) is 5.11 Å². The van der Waals surface area contributed by atoms with Crippen LogP contribution in [0.25, 0.3) is 0 Å². The van der Waals surface area contributed by atoms with Gasteiger partial charge in [-0.1, -0.05) is 46.3 Å². The number of carbonyl (C=O) groups is 2. The molecule has 1 unspecified atom stereocenters. The van der Waals surface area contributed by atoms with Gasteiger partial charge in [-0.05, 0) is 29.8 Å². The number of rotatable bonds is 5. The number of carboxylic acid groups (broad SMARTS) is 1. The molecule has 22 heavy (non-hydrogen) atoms. The highest BCUT2D eigenvalue weighted by Gasteiger charge is 2.17. The number of urea groups is 1. The Morgan fingerprint density at radius 1 is 1.05 bits per heavy atom. The van der Waals surface area contributed by atoms with Gasteiger partial charge in [0, 0.05) is 10.2 Å². The van der Waals surface area contributed by atoms with Crippen LogP contribution in [0.5, 0.6) is 0 Å². The van der Waals surface area contributed by atoms with E-state index < -0.39 is 18.0 Å². The van der Waals surface area contributed by atoms with Crippen molar-refractivity contribution in [2.24, 2.45) is 0 Å². The molecule has 3 N–H and O–H groups in total. The molecular formula is C16H15BrN2O3. The second-order valence-electron chi connectivity index (χ2n) is 4.67. The zero-order valence-electron chi connectivity index (χ0n) is 11.6. The van der Waals surface area contributed by atoms with E-state index in [1.54, 1.807) is 36.4 Å². The van der Waals surface area contributed by atoms with Crippen molar-refractivity contribution in [3.8, 4) is 0 Å². The highest BCUT2D eigenvalue weighted by atomic mass is 79.9. The van der Waals surface area contributed by atoms with Gasteiger partial charge in [0.25, 0.3) is 0 Å². The van der Waals surface area contributed by atoms with Crippen molar-refractivity contribution in [2.75, 3.05) is 5.32 Å². The number of hydrogen-bond donors (Lipinski definition) is 3. The number of benzene rings is 2. The lowest BCUT2D eigenvalue weighted by atomic mass is 10.0. The molecule has 0 aromatic heterocycles. The first-order chi connectivity index (χ1) is 10.5. The first-order valence-corrected chi connectivity index (χ1v) is 7.44. The first-order valence-electron chi connectivity index (χ1n) is 6.64. The van der Waals surface area contributed by atoms with E-state index >= 15 is 0 Å². The van der Waals surface area contributed by atoms with Crippen LogP contribution in [0.3, 0.4) is 0 Å². The Balaban J connectivity index is 2.04. The van der Waals surface area contributed by atoms with E-state index in [0.717, 1.165) is 10.0 Å². The fraction of sp³-hybridized carbons (Fsp3) is 0.125. The van der Waals surface area contributed by atoms with Gasteiger partial charge in [0.05, 0.1) is 12.5 Å². The molecule has 2 aromatic carbocycles. The number of aliphatic carboxylic acids is 1. The SMILES string of the molecule is O=C(O)CC(NC(=O)Nc1ccc(Br)cc1)c1ccccc1. The average Bonchev–Trinajstić information content (AvgIpc) is 2.49. The maximum absolute atomic E-state index is 12.0. The summed E-state index contributed by atoms with van der Waals surface area (Å²) in [5, 5.41) is 14.4. The second kappa shape index (κ2) is 7.61. The van der Waals surface area contributed by atoms with Crippen LogP contribution in [0.4, 0.5) is 10.5 Å². The monoisotopic (exact) mass is 362 g/mol.